The van der Waals surface area contributed by atoms with Gasteiger partial charge < -0.3 is 23.7 Å². The molecule has 10 nitrogen and oxygen atoms in total. The van der Waals surface area contributed by atoms with Crippen molar-refractivity contribution < 1.29 is 33.3 Å². The van der Waals surface area contributed by atoms with Crippen LogP contribution < -0.4 is 24.4 Å². The van der Waals surface area contributed by atoms with E-state index in [1.165, 1.54) is 24.9 Å². The topological polar surface area (TPSA) is 130 Å². The highest BCUT2D eigenvalue weighted by molar-refractivity contribution is 7.07. The third kappa shape index (κ3) is 5.52. The van der Waals surface area contributed by atoms with E-state index in [0.29, 0.717) is 54.7 Å². The Morgan fingerprint density at radius 1 is 0.978 bits per heavy atom. The Kier molecular flexibility index (Phi) is 8.41. The van der Waals surface area contributed by atoms with Crippen LogP contribution in [0.15, 0.2) is 105 Å². The van der Waals surface area contributed by atoms with Gasteiger partial charge in [0.15, 0.2) is 16.3 Å². The molecule has 5 aromatic rings. The number of carboxylic acids is 1. The molecule has 0 amide bonds. The van der Waals surface area contributed by atoms with Crippen molar-refractivity contribution in [2.45, 2.75) is 13.0 Å². The molecule has 6 rings (SSSR count). The molecule has 0 unspecified atom stereocenters. The Balaban J connectivity index is 1.58. The fraction of sp³-hybridized carbons (Fsp3) is 0.143. The van der Waals surface area contributed by atoms with E-state index in [1.807, 2.05) is 30.3 Å². The van der Waals surface area contributed by atoms with E-state index in [4.69, 9.17) is 23.6 Å². The summed E-state index contributed by atoms with van der Waals surface area (Å²) in [5, 5.41) is 9.62. The van der Waals surface area contributed by atoms with Crippen molar-refractivity contribution >= 4 is 35.0 Å². The number of esters is 1. The van der Waals surface area contributed by atoms with Crippen LogP contribution in [0.2, 0.25) is 0 Å². The van der Waals surface area contributed by atoms with E-state index in [2.05, 4.69) is 0 Å². The van der Waals surface area contributed by atoms with Gasteiger partial charge in [-0.2, -0.15) is 0 Å². The summed E-state index contributed by atoms with van der Waals surface area (Å²) in [6, 6.07) is 23.4. The number of aromatic carboxylic acids is 1. The quantitative estimate of drug-likeness (QED) is 0.226. The maximum absolute atomic E-state index is 14.2. The predicted molar refractivity (Wildman–Crippen MR) is 172 cm³/mol. The van der Waals surface area contributed by atoms with E-state index in [-0.39, 0.29) is 17.7 Å². The summed E-state index contributed by atoms with van der Waals surface area (Å²) in [6.45, 7) is 1.84. The molecule has 0 fully saturated rings. The second kappa shape index (κ2) is 12.7. The summed E-state index contributed by atoms with van der Waals surface area (Å²) in [5.41, 5.74) is 1.96. The first-order chi connectivity index (χ1) is 22.3. The summed E-state index contributed by atoms with van der Waals surface area (Å²) in [6.07, 6.45) is 1.58. The monoisotopic (exact) mass is 636 g/mol. The number of furan rings is 1. The van der Waals surface area contributed by atoms with Crippen LogP contribution in [0.5, 0.6) is 11.5 Å². The van der Waals surface area contributed by atoms with Crippen LogP contribution in [0.4, 0.5) is 0 Å². The van der Waals surface area contributed by atoms with Crippen LogP contribution in [-0.4, -0.2) is 42.4 Å². The van der Waals surface area contributed by atoms with Crippen molar-refractivity contribution in [2.75, 3.05) is 20.8 Å². The second-order valence-corrected chi connectivity index (χ2v) is 11.1. The Morgan fingerprint density at radius 2 is 1.72 bits per heavy atom. The number of ether oxygens (including phenoxy) is 3. The Hall–Kier alpha value is -5.68. The smallest absolute Gasteiger partial charge is 0.338 e. The second-order valence-electron chi connectivity index (χ2n) is 10.1. The normalized spacial score (nSPS) is 14.4. The third-order valence-electron chi connectivity index (χ3n) is 7.42. The van der Waals surface area contributed by atoms with E-state index in [1.54, 1.807) is 61.5 Å². The van der Waals surface area contributed by atoms with Gasteiger partial charge in [0.25, 0.3) is 5.56 Å². The van der Waals surface area contributed by atoms with Crippen LogP contribution in [0.25, 0.3) is 23.1 Å². The number of carbonyl (C=O) groups excluding carboxylic acids is 1. The maximum atomic E-state index is 14.2. The number of benzene rings is 3. The van der Waals surface area contributed by atoms with Gasteiger partial charge in [0.2, 0.25) is 0 Å². The molecule has 1 N–H and O–H groups in total. The maximum Gasteiger partial charge on any atom is 0.338 e. The Bertz CT molecular complexity index is 2180. The number of carboxylic acid groups (broad SMARTS) is 1. The van der Waals surface area contributed by atoms with Gasteiger partial charge in [0.05, 0.1) is 48.2 Å². The average Bonchev–Trinajstić information content (AvgIpc) is 3.67. The van der Waals surface area contributed by atoms with Gasteiger partial charge in [0, 0.05) is 17.2 Å². The number of fused-ring (bicyclic) bond motifs is 1. The molecule has 3 aromatic carbocycles. The van der Waals surface area contributed by atoms with Crippen LogP contribution in [0, 0.1) is 0 Å². The lowest BCUT2D eigenvalue weighted by molar-refractivity contribution is -0.138. The molecule has 3 heterocycles. The van der Waals surface area contributed by atoms with Crippen LogP contribution >= 0.6 is 11.3 Å². The minimum absolute atomic E-state index is 0.0950. The van der Waals surface area contributed by atoms with Crippen LogP contribution in [0.3, 0.4) is 0 Å². The molecule has 2 aromatic heterocycles. The first kappa shape index (κ1) is 30.4. The van der Waals surface area contributed by atoms with Crippen molar-refractivity contribution in [1.82, 2.24) is 4.57 Å². The minimum atomic E-state index is -1.08. The third-order valence-corrected chi connectivity index (χ3v) is 8.40. The SMILES string of the molecule is CCOC(=O)C1=C(c2ccccc2)N=c2s/c(=C\c3ccc(-c4ccccc4C(=O)O)o3)c(=O)n2[C@H]1c1ccc(OC)c(OC)c1. The summed E-state index contributed by atoms with van der Waals surface area (Å²) in [7, 11) is 3.04. The lowest BCUT2D eigenvalue weighted by atomic mass is 9.93. The van der Waals surface area contributed by atoms with Crippen molar-refractivity contribution in [3.05, 3.63) is 133 Å². The molecule has 0 bridgehead atoms. The molecule has 11 heteroatoms. The van der Waals surface area contributed by atoms with E-state index in [9.17, 15) is 19.5 Å². The van der Waals surface area contributed by atoms with E-state index in [0.717, 1.165) is 11.3 Å². The molecular formula is C35H28N2O8S. The lowest BCUT2D eigenvalue weighted by Crippen LogP contribution is -2.40. The number of aromatic nitrogens is 1. The fourth-order valence-electron chi connectivity index (χ4n) is 5.37. The molecule has 1 aliphatic rings. The molecule has 0 saturated carbocycles. The average molecular weight is 637 g/mol. The molecule has 0 radical (unpaired) electrons. The van der Waals surface area contributed by atoms with Gasteiger partial charge in [-0.3, -0.25) is 9.36 Å². The largest absolute Gasteiger partial charge is 0.493 e. The molecular weight excluding hydrogens is 608 g/mol. The zero-order chi connectivity index (χ0) is 32.4. The molecule has 1 aliphatic heterocycles. The highest BCUT2D eigenvalue weighted by Gasteiger charge is 2.35. The van der Waals surface area contributed by atoms with Gasteiger partial charge in [0.1, 0.15) is 11.5 Å². The van der Waals surface area contributed by atoms with Gasteiger partial charge in [-0.25, -0.2) is 14.6 Å². The summed E-state index contributed by atoms with van der Waals surface area (Å²) in [5.74, 6) is -0.0853. The van der Waals surface area contributed by atoms with Crippen molar-refractivity contribution in [3.8, 4) is 22.8 Å². The molecule has 0 saturated heterocycles. The number of hydrogen-bond donors (Lipinski definition) is 1. The molecule has 1 atom stereocenters. The first-order valence-corrected chi connectivity index (χ1v) is 15.1. The standard InChI is InChI=1S/C35H28N2O8S/c1-4-44-34(41)29-30(20-10-6-5-7-11-20)36-35-37(31(29)21-14-16-26(42-2)27(18-21)43-3)32(38)28(46-35)19-22-15-17-25(45-22)23-12-8-9-13-24(23)33(39)40/h5-19,31H,4H2,1-3H3,(H,39,40)/b28-19-/t31-/m0/s1. The fourth-order valence-corrected chi connectivity index (χ4v) is 6.35. The van der Waals surface area contributed by atoms with Crippen LogP contribution in [0.1, 0.15) is 40.2 Å². The van der Waals surface area contributed by atoms with Gasteiger partial charge in [-0.15, -0.1) is 0 Å². The summed E-state index contributed by atoms with van der Waals surface area (Å²) in [4.78, 5) is 44.9. The highest BCUT2D eigenvalue weighted by atomic mass is 32.1. The number of rotatable bonds is 9. The molecule has 0 aliphatic carbocycles. The molecule has 232 valence electrons. The Morgan fingerprint density at radius 3 is 2.43 bits per heavy atom. The van der Waals surface area contributed by atoms with Gasteiger partial charge in [-0.1, -0.05) is 65.9 Å². The van der Waals surface area contributed by atoms with Crippen molar-refractivity contribution in [3.63, 3.8) is 0 Å². The summed E-state index contributed by atoms with van der Waals surface area (Å²) >= 11 is 1.14. The first-order valence-electron chi connectivity index (χ1n) is 14.3. The number of methoxy groups -OCH3 is 2. The zero-order valence-electron chi connectivity index (χ0n) is 25.1. The molecule has 46 heavy (non-hydrogen) atoms. The minimum Gasteiger partial charge on any atom is -0.493 e. The van der Waals surface area contributed by atoms with Crippen molar-refractivity contribution in [1.29, 1.82) is 0 Å². The number of thiazole rings is 1. The predicted octanol–water partition coefficient (Wildman–Crippen LogP) is 4.91. The number of hydrogen-bond acceptors (Lipinski definition) is 9. The van der Waals surface area contributed by atoms with Gasteiger partial charge >= 0.3 is 11.9 Å². The lowest BCUT2D eigenvalue weighted by Gasteiger charge is -2.26. The number of nitrogens with zero attached hydrogens (tertiary/aromatic N) is 2. The highest BCUT2D eigenvalue weighted by Crippen LogP contribution is 2.38. The van der Waals surface area contributed by atoms with Crippen LogP contribution in [-0.2, 0) is 9.53 Å². The van der Waals surface area contributed by atoms with E-state index < -0.39 is 23.5 Å². The summed E-state index contributed by atoms with van der Waals surface area (Å²) < 4.78 is 24.3. The van der Waals surface area contributed by atoms with Crippen molar-refractivity contribution in [2.24, 2.45) is 4.99 Å². The van der Waals surface area contributed by atoms with E-state index >= 15 is 0 Å². The van der Waals surface area contributed by atoms with Gasteiger partial charge in [-0.05, 0) is 42.8 Å². The Labute approximate surface area is 266 Å². The number of carbonyl (C=O) groups is 2. The zero-order valence-corrected chi connectivity index (χ0v) is 25.9. The molecule has 0 spiro atoms.